The molecule has 0 atom stereocenters. The van der Waals surface area contributed by atoms with Crippen LogP contribution in [-0.2, 0) is 0 Å². The Morgan fingerprint density at radius 1 is 1.29 bits per heavy atom. The summed E-state index contributed by atoms with van der Waals surface area (Å²) in [5.74, 6) is 0.107. The minimum atomic E-state index is 0.107. The number of nitriles is 1. The second-order valence-corrected chi connectivity index (χ2v) is 6.91. The van der Waals surface area contributed by atoms with Gasteiger partial charge in [-0.05, 0) is 80.3 Å². The molecular formula is C18H15Br2N3O. The Balaban J connectivity index is 2.32. The number of aromatic hydroxyl groups is 1. The van der Waals surface area contributed by atoms with Gasteiger partial charge in [-0.2, -0.15) is 5.26 Å². The van der Waals surface area contributed by atoms with Gasteiger partial charge < -0.3 is 16.2 Å². The van der Waals surface area contributed by atoms with Crippen LogP contribution in [0.4, 0.5) is 11.4 Å². The summed E-state index contributed by atoms with van der Waals surface area (Å²) in [7, 11) is 0. The van der Waals surface area contributed by atoms with Gasteiger partial charge in [-0.15, -0.1) is 0 Å². The van der Waals surface area contributed by atoms with E-state index in [2.05, 4.69) is 49.8 Å². The quantitative estimate of drug-likeness (QED) is 0.335. The van der Waals surface area contributed by atoms with Gasteiger partial charge in [0.05, 0.1) is 25.9 Å². The van der Waals surface area contributed by atoms with Crippen molar-refractivity contribution in [2.75, 3.05) is 11.1 Å². The van der Waals surface area contributed by atoms with E-state index in [4.69, 9.17) is 5.73 Å². The maximum atomic E-state index is 9.76. The first-order chi connectivity index (χ1) is 11.3. The van der Waals surface area contributed by atoms with Gasteiger partial charge in [0, 0.05) is 5.70 Å². The summed E-state index contributed by atoms with van der Waals surface area (Å²) in [6.45, 7) is 5.88. The Labute approximate surface area is 157 Å². The van der Waals surface area contributed by atoms with Crippen LogP contribution in [0.3, 0.4) is 0 Å². The molecule has 0 heterocycles. The van der Waals surface area contributed by atoms with Gasteiger partial charge in [0.1, 0.15) is 11.8 Å². The fraction of sp³-hybridized carbons (Fsp3) is 0.0556. The van der Waals surface area contributed by atoms with E-state index >= 15 is 0 Å². The molecule has 0 aliphatic carbocycles. The van der Waals surface area contributed by atoms with E-state index < -0.39 is 0 Å². The lowest BCUT2D eigenvalue weighted by Gasteiger charge is -2.12. The van der Waals surface area contributed by atoms with Gasteiger partial charge in [-0.25, -0.2) is 0 Å². The van der Waals surface area contributed by atoms with Crippen LogP contribution in [0.5, 0.6) is 5.75 Å². The molecule has 122 valence electrons. The molecule has 2 rings (SSSR count). The van der Waals surface area contributed by atoms with E-state index in [-0.39, 0.29) is 5.75 Å². The minimum Gasteiger partial charge on any atom is -0.506 e. The molecule has 2 aromatic carbocycles. The highest BCUT2D eigenvalue weighted by Gasteiger charge is 2.09. The number of anilines is 2. The number of nitrogens with zero attached hydrogens (tertiary/aromatic N) is 1. The monoisotopic (exact) mass is 447 g/mol. The maximum Gasteiger partial charge on any atom is 0.143 e. The molecule has 24 heavy (non-hydrogen) atoms. The normalized spacial score (nSPS) is 11.0. The largest absolute Gasteiger partial charge is 0.506 e. The lowest BCUT2D eigenvalue weighted by atomic mass is 10.1. The number of aryl methyl sites for hydroxylation is 1. The highest BCUT2D eigenvalue weighted by molar-refractivity contribution is 9.11. The number of allylic oxidation sites excluding steroid dienone is 1. The van der Waals surface area contributed by atoms with Crippen molar-refractivity contribution in [3.8, 4) is 11.8 Å². The number of rotatable bonds is 4. The van der Waals surface area contributed by atoms with Crippen LogP contribution in [0, 0.1) is 18.3 Å². The first-order valence-electron chi connectivity index (χ1n) is 6.94. The lowest BCUT2D eigenvalue weighted by Crippen LogP contribution is -2.03. The summed E-state index contributed by atoms with van der Waals surface area (Å²) in [5, 5.41) is 22.3. The zero-order chi connectivity index (χ0) is 17.9. The summed E-state index contributed by atoms with van der Waals surface area (Å²) in [5.41, 5.74) is 9.81. The third-order valence-corrected chi connectivity index (χ3v) is 4.50. The smallest absolute Gasteiger partial charge is 0.143 e. The van der Waals surface area contributed by atoms with Crippen LogP contribution in [0.1, 0.15) is 11.1 Å². The molecule has 4 N–H and O–H groups in total. The van der Waals surface area contributed by atoms with Crippen molar-refractivity contribution in [1.29, 1.82) is 5.26 Å². The predicted molar refractivity (Wildman–Crippen MR) is 105 cm³/mol. The fourth-order valence-electron chi connectivity index (χ4n) is 2.03. The van der Waals surface area contributed by atoms with E-state index in [1.165, 1.54) is 0 Å². The number of nitrogens with one attached hydrogen (secondary N) is 1. The highest BCUT2D eigenvalue weighted by Crippen LogP contribution is 2.34. The SMILES string of the molecule is C=C(Nc1cc(C)ccc1N)/C(C#N)=C/c1cc(Br)c(O)c(Br)c1. The first kappa shape index (κ1) is 18.1. The molecule has 0 saturated heterocycles. The van der Waals surface area contributed by atoms with E-state index in [0.29, 0.717) is 31.6 Å². The summed E-state index contributed by atoms with van der Waals surface area (Å²) >= 11 is 6.54. The van der Waals surface area contributed by atoms with E-state index in [1.807, 2.05) is 19.1 Å². The molecule has 2 aromatic rings. The van der Waals surface area contributed by atoms with Crippen LogP contribution in [0.25, 0.3) is 6.08 Å². The zero-order valence-corrected chi connectivity index (χ0v) is 16.1. The molecule has 0 aromatic heterocycles. The second-order valence-electron chi connectivity index (χ2n) is 5.20. The Hall–Kier alpha value is -2.23. The molecule has 0 aliphatic heterocycles. The van der Waals surface area contributed by atoms with Crippen molar-refractivity contribution < 1.29 is 5.11 Å². The zero-order valence-electron chi connectivity index (χ0n) is 12.9. The molecule has 4 nitrogen and oxygen atoms in total. The number of phenols is 1. The summed E-state index contributed by atoms with van der Waals surface area (Å²) < 4.78 is 1.06. The number of nitrogen functional groups attached to an aromatic ring is 1. The fourth-order valence-corrected chi connectivity index (χ4v) is 3.25. The average molecular weight is 449 g/mol. The van der Waals surface area contributed by atoms with Crippen LogP contribution in [0.15, 0.2) is 57.1 Å². The number of halogens is 2. The van der Waals surface area contributed by atoms with Crippen molar-refractivity contribution >= 4 is 49.3 Å². The number of phenolic OH excluding ortho intramolecular Hbond substituents is 1. The molecule has 0 spiro atoms. The molecule has 6 heteroatoms. The first-order valence-corrected chi connectivity index (χ1v) is 8.52. The van der Waals surface area contributed by atoms with E-state index in [0.717, 1.165) is 11.1 Å². The Kier molecular flexibility index (Phi) is 5.71. The summed E-state index contributed by atoms with van der Waals surface area (Å²) in [6, 6.07) is 11.2. The standard InChI is InChI=1S/C18H15Br2N3O/c1-10-3-4-16(22)17(5-10)23-11(2)13(9-21)6-12-7-14(19)18(24)15(20)8-12/h3-8,23-24H,2,22H2,1H3/b13-6+. The van der Waals surface area contributed by atoms with Crippen molar-refractivity contribution in [2.24, 2.45) is 0 Å². The van der Waals surface area contributed by atoms with Gasteiger partial charge in [-0.3, -0.25) is 0 Å². The molecule has 0 amide bonds. The third kappa shape index (κ3) is 4.19. The van der Waals surface area contributed by atoms with Crippen LogP contribution < -0.4 is 11.1 Å². The van der Waals surface area contributed by atoms with Gasteiger partial charge in [0.2, 0.25) is 0 Å². The molecule has 0 unspecified atom stereocenters. The van der Waals surface area contributed by atoms with Crippen molar-refractivity contribution in [2.45, 2.75) is 6.92 Å². The molecule has 0 bridgehead atoms. The van der Waals surface area contributed by atoms with Crippen molar-refractivity contribution in [3.05, 3.63) is 68.3 Å². The Morgan fingerprint density at radius 3 is 2.50 bits per heavy atom. The van der Waals surface area contributed by atoms with Gasteiger partial charge in [0.25, 0.3) is 0 Å². The third-order valence-electron chi connectivity index (χ3n) is 3.29. The molecule has 0 saturated carbocycles. The topological polar surface area (TPSA) is 82.1 Å². The highest BCUT2D eigenvalue weighted by atomic mass is 79.9. The number of nitrogens with two attached hydrogens (primary N) is 1. The van der Waals surface area contributed by atoms with Crippen molar-refractivity contribution in [1.82, 2.24) is 0 Å². The molecular weight excluding hydrogens is 434 g/mol. The van der Waals surface area contributed by atoms with E-state index in [9.17, 15) is 10.4 Å². The van der Waals surface area contributed by atoms with Gasteiger partial charge >= 0.3 is 0 Å². The van der Waals surface area contributed by atoms with Gasteiger partial charge in [-0.1, -0.05) is 12.6 Å². The maximum absolute atomic E-state index is 9.76. The number of hydrogen-bond acceptors (Lipinski definition) is 4. The van der Waals surface area contributed by atoms with Gasteiger partial charge in [0.15, 0.2) is 0 Å². The number of benzene rings is 2. The summed E-state index contributed by atoms with van der Waals surface area (Å²) in [6.07, 6.45) is 1.68. The molecule has 0 aliphatic rings. The minimum absolute atomic E-state index is 0.107. The van der Waals surface area contributed by atoms with E-state index in [1.54, 1.807) is 24.3 Å². The average Bonchev–Trinajstić information content (AvgIpc) is 2.53. The van der Waals surface area contributed by atoms with Crippen LogP contribution in [0.2, 0.25) is 0 Å². The lowest BCUT2D eigenvalue weighted by molar-refractivity contribution is 0.468. The predicted octanol–water partition coefficient (Wildman–Crippen LogP) is 5.34. The second kappa shape index (κ2) is 7.56. The molecule has 0 radical (unpaired) electrons. The number of hydrogen-bond donors (Lipinski definition) is 3. The summed E-state index contributed by atoms with van der Waals surface area (Å²) in [4.78, 5) is 0. The molecule has 0 fully saturated rings. The van der Waals surface area contributed by atoms with Crippen LogP contribution in [-0.4, -0.2) is 5.11 Å². The van der Waals surface area contributed by atoms with Crippen molar-refractivity contribution in [3.63, 3.8) is 0 Å². The van der Waals surface area contributed by atoms with Crippen LogP contribution >= 0.6 is 31.9 Å². The Morgan fingerprint density at radius 2 is 1.92 bits per heavy atom. The Bertz CT molecular complexity index is 859.